The second-order valence-corrected chi connectivity index (χ2v) is 6.68. The van der Waals surface area contributed by atoms with E-state index in [0.29, 0.717) is 16.7 Å². The van der Waals surface area contributed by atoms with Crippen molar-refractivity contribution in [3.63, 3.8) is 0 Å². The van der Waals surface area contributed by atoms with Crippen molar-refractivity contribution in [1.29, 1.82) is 0 Å². The maximum absolute atomic E-state index is 12.9. The highest BCUT2D eigenvalue weighted by Crippen LogP contribution is 2.14. The number of aromatic nitrogens is 4. The topological polar surface area (TPSA) is 81.8 Å². The van der Waals surface area contributed by atoms with Crippen molar-refractivity contribution in [3.05, 3.63) is 82.8 Å². The molecule has 0 saturated carbocycles. The number of carbonyl (C=O) groups excluding carboxylic acids is 1. The predicted molar refractivity (Wildman–Crippen MR) is 108 cm³/mol. The predicted octanol–water partition coefficient (Wildman–Crippen LogP) is 3.06. The average Bonchev–Trinajstić information content (AvgIpc) is 3.15. The minimum absolute atomic E-state index is 0.0799. The van der Waals surface area contributed by atoms with Gasteiger partial charge in [0.05, 0.1) is 18.2 Å². The van der Waals surface area contributed by atoms with Gasteiger partial charge in [0.25, 0.3) is 5.56 Å². The molecule has 0 aliphatic heterocycles. The quantitative estimate of drug-likeness (QED) is 0.567. The summed E-state index contributed by atoms with van der Waals surface area (Å²) in [5, 5.41) is 7.34. The van der Waals surface area contributed by atoms with Gasteiger partial charge in [0, 0.05) is 18.7 Å². The van der Waals surface area contributed by atoms with E-state index in [1.54, 1.807) is 4.68 Å². The first-order chi connectivity index (χ1) is 14.0. The van der Waals surface area contributed by atoms with Gasteiger partial charge in [-0.2, -0.15) is 5.10 Å². The van der Waals surface area contributed by atoms with Gasteiger partial charge in [-0.05, 0) is 43.3 Å². The summed E-state index contributed by atoms with van der Waals surface area (Å²) in [7, 11) is 0. The van der Waals surface area contributed by atoms with E-state index in [9.17, 15) is 14.0 Å². The van der Waals surface area contributed by atoms with Gasteiger partial charge in [-0.25, -0.2) is 14.1 Å². The molecule has 1 amide bonds. The summed E-state index contributed by atoms with van der Waals surface area (Å²) < 4.78 is 15.9. The molecule has 2 aromatic heterocycles. The second kappa shape index (κ2) is 7.67. The zero-order chi connectivity index (χ0) is 20.4. The van der Waals surface area contributed by atoms with E-state index in [4.69, 9.17) is 0 Å². The number of hydrogen-bond acceptors (Lipinski definition) is 4. The molecule has 0 fully saturated rings. The summed E-state index contributed by atoms with van der Waals surface area (Å²) >= 11 is 0. The third kappa shape index (κ3) is 3.91. The maximum Gasteiger partial charge on any atom is 0.264 e. The fourth-order valence-electron chi connectivity index (χ4n) is 2.96. The van der Waals surface area contributed by atoms with Gasteiger partial charge in [0.15, 0.2) is 5.65 Å². The first-order valence-electron chi connectivity index (χ1n) is 9.07. The maximum atomic E-state index is 12.9. The summed E-state index contributed by atoms with van der Waals surface area (Å²) in [6.45, 7) is 2.17. The average molecular weight is 391 g/mol. The molecular weight excluding hydrogens is 373 g/mol. The number of fused-ring (bicyclic) bond motifs is 1. The van der Waals surface area contributed by atoms with Gasteiger partial charge in [-0.3, -0.25) is 14.2 Å². The Hall–Kier alpha value is -3.81. The molecule has 4 rings (SSSR count). The lowest BCUT2D eigenvalue weighted by atomic mass is 10.2. The third-order valence-electron chi connectivity index (χ3n) is 4.54. The standard InChI is InChI=1S/C21H18FN5O2/c1-14-2-8-17(9-3-14)27-20-18(12-24-27)21(29)26(13-23-20)11-10-19(28)25-16-6-4-15(22)5-7-16/h2-9,12-13H,10-11H2,1H3,(H,25,28). The van der Waals surface area contributed by atoms with Crippen LogP contribution in [-0.4, -0.2) is 25.2 Å². The minimum atomic E-state index is -0.375. The first-order valence-corrected chi connectivity index (χ1v) is 9.07. The zero-order valence-electron chi connectivity index (χ0n) is 15.7. The van der Waals surface area contributed by atoms with Crippen LogP contribution in [0, 0.1) is 12.7 Å². The Morgan fingerprint density at radius 2 is 1.83 bits per heavy atom. The molecule has 29 heavy (non-hydrogen) atoms. The van der Waals surface area contributed by atoms with Crippen LogP contribution in [0.4, 0.5) is 10.1 Å². The molecule has 0 spiro atoms. The second-order valence-electron chi connectivity index (χ2n) is 6.68. The lowest BCUT2D eigenvalue weighted by molar-refractivity contribution is -0.116. The van der Waals surface area contributed by atoms with Crippen LogP contribution in [0.25, 0.3) is 16.7 Å². The van der Waals surface area contributed by atoms with E-state index in [2.05, 4.69) is 15.4 Å². The number of carbonyl (C=O) groups is 1. The van der Waals surface area contributed by atoms with Crippen LogP contribution in [0.3, 0.4) is 0 Å². The number of aryl methyl sites for hydroxylation is 2. The lowest BCUT2D eigenvalue weighted by Crippen LogP contribution is -2.23. The Bertz CT molecular complexity index is 1230. The smallest absolute Gasteiger partial charge is 0.264 e. The van der Waals surface area contributed by atoms with E-state index in [1.807, 2.05) is 31.2 Å². The molecule has 0 aliphatic rings. The molecule has 0 bridgehead atoms. The Morgan fingerprint density at radius 3 is 2.55 bits per heavy atom. The van der Waals surface area contributed by atoms with Crippen molar-refractivity contribution in [2.45, 2.75) is 19.9 Å². The molecule has 0 unspecified atom stereocenters. The number of hydrogen-bond donors (Lipinski definition) is 1. The van der Waals surface area contributed by atoms with Crippen molar-refractivity contribution >= 4 is 22.6 Å². The van der Waals surface area contributed by atoms with Crippen molar-refractivity contribution in [1.82, 2.24) is 19.3 Å². The highest BCUT2D eigenvalue weighted by atomic mass is 19.1. The number of halogens is 1. The van der Waals surface area contributed by atoms with Crippen LogP contribution >= 0.6 is 0 Å². The van der Waals surface area contributed by atoms with E-state index in [1.165, 1.54) is 41.4 Å². The number of benzene rings is 2. The number of amides is 1. The highest BCUT2D eigenvalue weighted by molar-refractivity contribution is 5.90. The van der Waals surface area contributed by atoms with E-state index < -0.39 is 0 Å². The number of nitrogens with zero attached hydrogens (tertiary/aromatic N) is 4. The van der Waals surface area contributed by atoms with Crippen molar-refractivity contribution < 1.29 is 9.18 Å². The third-order valence-corrected chi connectivity index (χ3v) is 4.54. The van der Waals surface area contributed by atoms with Gasteiger partial charge in [-0.15, -0.1) is 0 Å². The Balaban J connectivity index is 1.51. The monoisotopic (exact) mass is 391 g/mol. The molecule has 1 N–H and O–H groups in total. The molecule has 2 heterocycles. The highest BCUT2D eigenvalue weighted by Gasteiger charge is 2.12. The fourth-order valence-corrected chi connectivity index (χ4v) is 2.96. The molecule has 0 radical (unpaired) electrons. The van der Waals surface area contributed by atoms with Gasteiger partial charge < -0.3 is 5.32 Å². The van der Waals surface area contributed by atoms with E-state index in [-0.39, 0.29) is 30.2 Å². The summed E-state index contributed by atoms with van der Waals surface area (Å²) in [5.74, 6) is -0.654. The molecule has 2 aromatic carbocycles. The Kier molecular flexibility index (Phi) is 4.90. The summed E-state index contributed by atoms with van der Waals surface area (Å²) in [5.41, 5.74) is 2.64. The van der Waals surface area contributed by atoms with Gasteiger partial charge >= 0.3 is 0 Å². The fraction of sp³-hybridized carbons (Fsp3) is 0.143. The van der Waals surface area contributed by atoms with Crippen molar-refractivity contribution in [2.24, 2.45) is 0 Å². The molecule has 0 aliphatic carbocycles. The van der Waals surface area contributed by atoms with Gasteiger partial charge in [0.1, 0.15) is 11.2 Å². The van der Waals surface area contributed by atoms with Crippen molar-refractivity contribution in [2.75, 3.05) is 5.32 Å². The van der Waals surface area contributed by atoms with Crippen LogP contribution in [0.15, 0.2) is 65.8 Å². The normalized spacial score (nSPS) is 11.0. The van der Waals surface area contributed by atoms with Crippen LogP contribution in [0.5, 0.6) is 0 Å². The Labute approximate surface area is 165 Å². The van der Waals surface area contributed by atoms with Gasteiger partial charge in [0.2, 0.25) is 5.91 Å². The molecule has 8 heteroatoms. The van der Waals surface area contributed by atoms with Crippen LogP contribution < -0.4 is 10.9 Å². The largest absolute Gasteiger partial charge is 0.326 e. The first kappa shape index (κ1) is 18.5. The summed E-state index contributed by atoms with van der Waals surface area (Å²) in [6.07, 6.45) is 2.98. The molecule has 0 atom stereocenters. The molecule has 0 saturated heterocycles. The Morgan fingerprint density at radius 1 is 1.10 bits per heavy atom. The summed E-state index contributed by atoms with van der Waals surface area (Å²) in [6, 6.07) is 13.2. The molecular formula is C21H18FN5O2. The molecule has 7 nitrogen and oxygen atoms in total. The van der Waals surface area contributed by atoms with E-state index >= 15 is 0 Å². The molecule has 146 valence electrons. The zero-order valence-corrected chi connectivity index (χ0v) is 15.7. The van der Waals surface area contributed by atoms with Crippen LogP contribution in [0.1, 0.15) is 12.0 Å². The summed E-state index contributed by atoms with van der Waals surface area (Å²) in [4.78, 5) is 29.2. The molecule has 4 aromatic rings. The SMILES string of the molecule is Cc1ccc(-n2ncc3c(=O)n(CCC(=O)Nc4ccc(F)cc4)cnc32)cc1. The number of rotatable bonds is 5. The van der Waals surface area contributed by atoms with Crippen LogP contribution in [0.2, 0.25) is 0 Å². The van der Waals surface area contributed by atoms with Gasteiger partial charge in [-0.1, -0.05) is 17.7 Å². The lowest BCUT2D eigenvalue weighted by Gasteiger charge is -2.08. The van der Waals surface area contributed by atoms with Crippen LogP contribution in [-0.2, 0) is 11.3 Å². The minimum Gasteiger partial charge on any atom is -0.326 e. The number of anilines is 1. The van der Waals surface area contributed by atoms with Crippen molar-refractivity contribution in [3.8, 4) is 5.69 Å². The number of nitrogens with one attached hydrogen (secondary N) is 1. The van der Waals surface area contributed by atoms with E-state index in [0.717, 1.165) is 11.3 Å².